The maximum atomic E-state index is 12.2. The molecular weight excluding hydrogens is 322 g/mol. The molecule has 2 aromatic rings. The average Bonchev–Trinajstić information content (AvgIpc) is 2.85. The Morgan fingerprint density at radius 1 is 1.26 bits per heavy atom. The fraction of sp³-hybridized carbons (Fsp3) is 0.500. The van der Waals surface area contributed by atoms with Crippen molar-refractivity contribution in [2.75, 3.05) is 26.1 Å². The first kappa shape index (κ1) is 17.1. The van der Waals surface area contributed by atoms with Gasteiger partial charge in [-0.25, -0.2) is 18.1 Å². The van der Waals surface area contributed by atoms with Gasteiger partial charge in [0.15, 0.2) is 10.9 Å². The van der Waals surface area contributed by atoms with Gasteiger partial charge in [0.1, 0.15) is 5.82 Å². The molecule has 0 aliphatic heterocycles. The third-order valence-corrected chi connectivity index (χ3v) is 4.29. The summed E-state index contributed by atoms with van der Waals surface area (Å²) in [4.78, 5) is 17.9. The quantitative estimate of drug-likeness (QED) is 0.745. The normalized spacial score (nSPS) is 11.5. The van der Waals surface area contributed by atoms with Gasteiger partial charge < -0.3 is 14.2 Å². The maximum Gasteiger partial charge on any atom is 0.321 e. The zero-order valence-electron chi connectivity index (χ0n) is 13.6. The SMILES string of the molecule is COc1nc(CNS(=O)(=O)c2cn(C)c(C)n2)nc(N(C)C)n1. The molecule has 23 heavy (non-hydrogen) atoms. The molecule has 2 heterocycles. The second-order valence-corrected chi connectivity index (χ2v) is 6.71. The third kappa shape index (κ3) is 3.93. The van der Waals surface area contributed by atoms with Gasteiger partial charge in [0.2, 0.25) is 5.95 Å². The molecule has 10 nitrogen and oxygen atoms in total. The van der Waals surface area contributed by atoms with Crippen LogP contribution in [0.2, 0.25) is 0 Å². The summed E-state index contributed by atoms with van der Waals surface area (Å²) >= 11 is 0. The number of nitrogens with one attached hydrogen (secondary N) is 1. The van der Waals surface area contributed by atoms with Gasteiger partial charge in [-0.3, -0.25) is 0 Å². The molecular formula is C12H19N7O3S. The molecule has 0 atom stereocenters. The first-order valence-corrected chi connectivity index (χ1v) is 8.17. The number of aryl methyl sites for hydroxylation is 2. The van der Waals surface area contributed by atoms with Crippen molar-refractivity contribution >= 4 is 16.0 Å². The van der Waals surface area contributed by atoms with E-state index in [-0.39, 0.29) is 23.4 Å². The Labute approximate surface area is 134 Å². The summed E-state index contributed by atoms with van der Waals surface area (Å²) in [7, 11) is 2.93. The minimum Gasteiger partial charge on any atom is -0.467 e. The highest BCUT2D eigenvalue weighted by Crippen LogP contribution is 2.11. The van der Waals surface area contributed by atoms with E-state index in [0.29, 0.717) is 11.8 Å². The van der Waals surface area contributed by atoms with E-state index in [1.54, 1.807) is 37.5 Å². The summed E-state index contributed by atoms with van der Waals surface area (Å²) in [6.07, 6.45) is 1.44. The van der Waals surface area contributed by atoms with Crippen LogP contribution in [-0.4, -0.2) is 54.1 Å². The number of ether oxygens (including phenoxy) is 1. The molecule has 1 N–H and O–H groups in total. The van der Waals surface area contributed by atoms with Gasteiger partial charge in [-0.2, -0.15) is 15.0 Å². The van der Waals surface area contributed by atoms with Gasteiger partial charge in [0, 0.05) is 27.3 Å². The van der Waals surface area contributed by atoms with Gasteiger partial charge in [0.25, 0.3) is 10.0 Å². The largest absolute Gasteiger partial charge is 0.467 e. The van der Waals surface area contributed by atoms with Crippen LogP contribution in [0.4, 0.5) is 5.95 Å². The maximum absolute atomic E-state index is 12.2. The number of methoxy groups -OCH3 is 1. The first-order chi connectivity index (χ1) is 10.7. The van der Waals surface area contributed by atoms with Crippen LogP contribution in [0.25, 0.3) is 0 Å². The Morgan fingerprint density at radius 3 is 2.48 bits per heavy atom. The molecule has 0 radical (unpaired) electrons. The van der Waals surface area contributed by atoms with Crippen molar-refractivity contribution < 1.29 is 13.2 Å². The molecule has 2 rings (SSSR count). The van der Waals surface area contributed by atoms with Crippen LogP contribution >= 0.6 is 0 Å². The summed E-state index contributed by atoms with van der Waals surface area (Å²) in [5, 5.41) is -0.0497. The van der Waals surface area contributed by atoms with Crippen LogP contribution in [-0.2, 0) is 23.6 Å². The van der Waals surface area contributed by atoms with Crippen molar-refractivity contribution in [3.8, 4) is 6.01 Å². The van der Waals surface area contributed by atoms with Crippen LogP contribution < -0.4 is 14.4 Å². The lowest BCUT2D eigenvalue weighted by atomic mass is 10.6. The van der Waals surface area contributed by atoms with Gasteiger partial charge in [-0.1, -0.05) is 0 Å². The molecule has 126 valence electrons. The fourth-order valence-electron chi connectivity index (χ4n) is 1.65. The van der Waals surface area contributed by atoms with E-state index in [0.717, 1.165) is 0 Å². The van der Waals surface area contributed by atoms with E-state index >= 15 is 0 Å². The highest BCUT2D eigenvalue weighted by molar-refractivity contribution is 7.89. The molecule has 11 heteroatoms. The molecule has 0 spiro atoms. The minimum atomic E-state index is -3.75. The number of sulfonamides is 1. The lowest BCUT2D eigenvalue weighted by molar-refractivity contribution is 0.375. The molecule has 0 aromatic carbocycles. The Kier molecular flexibility index (Phi) is 4.80. The van der Waals surface area contributed by atoms with E-state index in [4.69, 9.17) is 4.74 Å². The fourth-order valence-corrected chi connectivity index (χ4v) is 2.66. The van der Waals surface area contributed by atoms with E-state index in [1.165, 1.54) is 13.3 Å². The Balaban J connectivity index is 2.21. The number of hydrogen-bond donors (Lipinski definition) is 1. The summed E-state index contributed by atoms with van der Waals surface area (Å²) in [5.41, 5.74) is 0. The summed E-state index contributed by atoms with van der Waals surface area (Å²) in [6.45, 7) is 1.62. The Bertz CT molecular complexity index is 781. The average molecular weight is 341 g/mol. The molecule has 0 bridgehead atoms. The second-order valence-electron chi connectivity index (χ2n) is 4.99. The predicted octanol–water partition coefficient (Wildman–Crippen LogP) is -0.533. The lowest BCUT2D eigenvalue weighted by Gasteiger charge is -2.12. The van der Waals surface area contributed by atoms with Crippen LogP contribution in [0.1, 0.15) is 11.6 Å². The summed E-state index contributed by atoms with van der Waals surface area (Å²) in [5.74, 6) is 1.22. The molecule has 0 fully saturated rings. The van der Waals surface area contributed by atoms with Crippen molar-refractivity contribution in [2.24, 2.45) is 7.05 Å². The van der Waals surface area contributed by atoms with Gasteiger partial charge >= 0.3 is 6.01 Å². The van der Waals surface area contributed by atoms with Gasteiger partial charge in [0.05, 0.1) is 13.7 Å². The summed E-state index contributed by atoms with van der Waals surface area (Å²) < 4.78 is 33.5. The number of nitrogens with zero attached hydrogens (tertiary/aromatic N) is 6. The zero-order chi connectivity index (χ0) is 17.2. The number of imidazole rings is 1. The predicted molar refractivity (Wildman–Crippen MR) is 82.7 cm³/mol. The van der Waals surface area contributed by atoms with Crippen LogP contribution in [0, 0.1) is 6.92 Å². The van der Waals surface area contributed by atoms with Gasteiger partial charge in [-0.05, 0) is 6.92 Å². The molecule has 0 unspecified atom stereocenters. The van der Waals surface area contributed by atoms with Gasteiger partial charge in [-0.15, -0.1) is 0 Å². The van der Waals surface area contributed by atoms with Crippen molar-refractivity contribution in [1.82, 2.24) is 29.2 Å². The van der Waals surface area contributed by atoms with Crippen LogP contribution in [0.5, 0.6) is 6.01 Å². The highest BCUT2D eigenvalue weighted by Gasteiger charge is 2.19. The monoisotopic (exact) mass is 341 g/mol. The molecule has 0 saturated carbocycles. The molecule has 0 saturated heterocycles. The first-order valence-electron chi connectivity index (χ1n) is 6.69. The smallest absolute Gasteiger partial charge is 0.321 e. The molecule has 0 aliphatic carbocycles. The van der Waals surface area contributed by atoms with E-state index in [1.807, 2.05) is 0 Å². The topological polar surface area (TPSA) is 115 Å². The standard InChI is InChI=1S/C12H19N7O3S/c1-8-14-10(7-19(8)4)23(20,21)13-6-9-15-11(18(2)3)17-12(16-9)22-5/h7,13H,6H2,1-5H3. The van der Waals surface area contributed by atoms with Crippen LogP contribution in [0.3, 0.4) is 0 Å². The van der Waals surface area contributed by atoms with Crippen molar-refractivity contribution in [1.29, 1.82) is 0 Å². The Hall–Kier alpha value is -2.27. The third-order valence-electron chi connectivity index (χ3n) is 3.01. The van der Waals surface area contributed by atoms with E-state index < -0.39 is 10.0 Å². The zero-order valence-corrected chi connectivity index (χ0v) is 14.4. The molecule has 0 amide bonds. The highest BCUT2D eigenvalue weighted by atomic mass is 32.2. The number of aromatic nitrogens is 5. The van der Waals surface area contributed by atoms with Crippen molar-refractivity contribution in [3.63, 3.8) is 0 Å². The van der Waals surface area contributed by atoms with Crippen molar-refractivity contribution in [2.45, 2.75) is 18.5 Å². The second kappa shape index (κ2) is 6.46. The summed E-state index contributed by atoms with van der Waals surface area (Å²) in [6, 6.07) is 0.117. The minimum absolute atomic E-state index is 0.0497. The number of rotatable bonds is 6. The van der Waals surface area contributed by atoms with Crippen LogP contribution in [0.15, 0.2) is 11.2 Å². The Morgan fingerprint density at radius 2 is 1.96 bits per heavy atom. The van der Waals surface area contributed by atoms with Crippen molar-refractivity contribution in [3.05, 3.63) is 17.8 Å². The van der Waals surface area contributed by atoms with E-state index in [2.05, 4.69) is 24.7 Å². The molecule has 2 aromatic heterocycles. The number of hydrogen-bond acceptors (Lipinski definition) is 8. The van der Waals surface area contributed by atoms with E-state index in [9.17, 15) is 8.42 Å². The number of anilines is 1. The lowest BCUT2D eigenvalue weighted by Crippen LogP contribution is -2.25. The molecule has 0 aliphatic rings.